The van der Waals surface area contributed by atoms with Crippen molar-refractivity contribution in [1.29, 1.82) is 0 Å². The van der Waals surface area contributed by atoms with Gasteiger partial charge in [-0.3, -0.25) is 4.79 Å². The number of rotatable bonds is 1. The molecule has 1 aliphatic rings. The van der Waals surface area contributed by atoms with Crippen LogP contribution in [0.25, 0.3) is 0 Å². The Labute approximate surface area is 88.9 Å². The quantitative estimate of drug-likeness (QED) is 0.701. The zero-order chi connectivity index (χ0) is 9.97. The molecule has 0 bridgehead atoms. The van der Waals surface area contributed by atoms with Gasteiger partial charge in [-0.2, -0.15) is 0 Å². The first-order valence-corrected chi connectivity index (χ1v) is 6.08. The molecule has 1 aromatic rings. The maximum Gasteiger partial charge on any atom is 0.164 e. The minimum absolute atomic E-state index is 0.320. The number of benzene rings is 1. The van der Waals surface area contributed by atoms with E-state index >= 15 is 0 Å². The summed E-state index contributed by atoms with van der Waals surface area (Å²) < 4.78 is 0. The zero-order valence-corrected chi connectivity index (χ0v) is 9.19. The largest absolute Gasteiger partial charge is 0.294 e. The average Bonchev–Trinajstić information content (AvgIpc) is 2.40. The molecule has 74 valence electrons. The summed E-state index contributed by atoms with van der Waals surface area (Å²) in [4.78, 5) is 12.9. The van der Waals surface area contributed by atoms with Crippen LogP contribution < -0.4 is 0 Å². The molecular weight excluding hydrogens is 192 g/mol. The van der Waals surface area contributed by atoms with Crippen molar-refractivity contribution < 1.29 is 4.79 Å². The second-order valence-electron chi connectivity index (χ2n) is 3.56. The molecule has 1 aromatic carbocycles. The molecule has 0 spiro atoms. The summed E-state index contributed by atoms with van der Waals surface area (Å²) in [6.45, 7) is 2.12. The fourth-order valence-electron chi connectivity index (χ4n) is 1.69. The average molecular weight is 206 g/mol. The van der Waals surface area contributed by atoms with E-state index in [1.54, 1.807) is 0 Å². The van der Waals surface area contributed by atoms with Gasteiger partial charge in [-0.1, -0.05) is 13.0 Å². The molecule has 0 fully saturated rings. The number of Topliss-reactive ketones (excluding diaryl/α,β-unsaturated/α-hetero) is 1. The second-order valence-corrected chi connectivity index (χ2v) is 4.70. The van der Waals surface area contributed by atoms with Crippen molar-refractivity contribution in [3.05, 3.63) is 29.3 Å². The summed E-state index contributed by atoms with van der Waals surface area (Å²) in [7, 11) is 0. The Hall–Kier alpha value is -0.760. The maximum atomic E-state index is 11.8. The van der Waals surface area contributed by atoms with E-state index < -0.39 is 0 Å². The van der Waals surface area contributed by atoms with Crippen molar-refractivity contribution in [2.45, 2.75) is 31.1 Å². The third kappa shape index (κ3) is 1.85. The minimum Gasteiger partial charge on any atom is -0.294 e. The molecule has 0 N–H and O–H groups in total. The van der Waals surface area contributed by atoms with Gasteiger partial charge in [0, 0.05) is 16.9 Å². The van der Waals surface area contributed by atoms with E-state index in [9.17, 15) is 4.79 Å². The van der Waals surface area contributed by atoms with E-state index in [4.69, 9.17) is 0 Å². The Morgan fingerprint density at radius 3 is 3.07 bits per heavy atom. The first-order chi connectivity index (χ1) is 6.81. The van der Waals surface area contributed by atoms with Crippen LogP contribution in [0.1, 0.15) is 35.7 Å². The lowest BCUT2D eigenvalue weighted by molar-refractivity contribution is 0.0980. The first kappa shape index (κ1) is 9.78. The number of fused-ring (bicyclic) bond motifs is 1. The SMILES string of the molecule is CCc1ccc2c(c1)C(=O)CCCS2. The minimum atomic E-state index is 0.320. The normalized spacial score (nSPS) is 16.2. The van der Waals surface area contributed by atoms with Crippen molar-refractivity contribution in [1.82, 2.24) is 0 Å². The lowest BCUT2D eigenvalue weighted by Gasteiger charge is -2.05. The molecule has 0 saturated carbocycles. The Morgan fingerprint density at radius 1 is 1.43 bits per heavy atom. The summed E-state index contributed by atoms with van der Waals surface area (Å²) in [6.07, 6.45) is 2.73. The molecule has 1 aliphatic heterocycles. The Kier molecular flexibility index (Phi) is 2.92. The molecule has 2 heteroatoms. The molecule has 0 radical (unpaired) electrons. The van der Waals surface area contributed by atoms with Crippen molar-refractivity contribution in [3.8, 4) is 0 Å². The predicted molar refractivity (Wildman–Crippen MR) is 60.1 cm³/mol. The fourth-order valence-corrected chi connectivity index (χ4v) is 2.69. The van der Waals surface area contributed by atoms with Gasteiger partial charge in [0.2, 0.25) is 0 Å². The van der Waals surface area contributed by atoms with Crippen LogP contribution in [0.4, 0.5) is 0 Å². The van der Waals surface area contributed by atoms with Crippen molar-refractivity contribution in [2.75, 3.05) is 5.75 Å². The highest BCUT2D eigenvalue weighted by atomic mass is 32.2. The fraction of sp³-hybridized carbons (Fsp3) is 0.417. The van der Waals surface area contributed by atoms with Crippen LogP contribution >= 0.6 is 11.8 Å². The molecule has 0 saturated heterocycles. The lowest BCUT2D eigenvalue weighted by atomic mass is 10.0. The third-order valence-electron chi connectivity index (χ3n) is 2.56. The molecular formula is C12H14OS. The summed E-state index contributed by atoms with van der Waals surface area (Å²) in [5.41, 5.74) is 2.21. The molecule has 14 heavy (non-hydrogen) atoms. The number of thioether (sulfide) groups is 1. The number of aryl methyl sites for hydroxylation is 1. The van der Waals surface area contributed by atoms with Gasteiger partial charge in [-0.05, 0) is 36.3 Å². The Balaban J connectivity index is 2.44. The standard InChI is InChI=1S/C12H14OS/c1-2-9-5-6-12-10(8-9)11(13)4-3-7-14-12/h5-6,8H,2-4,7H2,1H3. The van der Waals surface area contributed by atoms with Crippen LogP contribution in [0.2, 0.25) is 0 Å². The molecule has 0 amide bonds. The van der Waals surface area contributed by atoms with E-state index in [0.29, 0.717) is 12.2 Å². The van der Waals surface area contributed by atoms with Crippen molar-refractivity contribution in [2.24, 2.45) is 0 Å². The summed E-state index contributed by atoms with van der Waals surface area (Å²) >= 11 is 1.81. The van der Waals surface area contributed by atoms with Gasteiger partial charge < -0.3 is 0 Å². The molecule has 1 heterocycles. The number of carbonyl (C=O) groups excluding carboxylic acids is 1. The highest BCUT2D eigenvalue weighted by Gasteiger charge is 2.15. The topological polar surface area (TPSA) is 17.1 Å². The lowest BCUT2D eigenvalue weighted by Crippen LogP contribution is -1.99. The van der Waals surface area contributed by atoms with E-state index in [-0.39, 0.29) is 0 Å². The second kappa shape index (κ2) is 4.18. The van der Waals surface area contributed by atoms with Crippen LogP contribution in [0, 0.1) is 0 Å². The van der Waals surface area contributed by atoms with E-state index in [1.807, 2.05) is 11.8 Å². The van der Waals surface area contributed by atoms with Crippen molar-refractivity contribution >= 4 is 17.5 Å². The van der Waals surface area contributed by atoms with Crippen LogP contribution in [-0.4, -0.2) is 11.5 Å². The molecule has 0 aromatic heterocycles. The first-order valence-electron chi connectivity index (χ1n) is 5.10. The van der Waals surface area contributed by atoms with Gasteiger partial charge in [0.05, 0.1) is 0 Å². The number of ketones is 1. The zero-order valence-electron chi connectivity index (χ0n) is 8.38. The third-order valence-corrected chi connectivity index (χ3v) is 3.72. The van der Waals surface area contributed by atoms with E-state index in [2.05, 4.69) is 25.1 Å². The Bertz CT molecular complexity index is 357. The smallest absolute Gasteiger partial charge is 0.164 e. The summed E-state index contributed by atoms with van der Waals surface area (Å²) in [5, 5.41) is 0. The molecule has 0 atom stereocenters. The predicted octanol–water partition coefficient (Wildman–Crippen LogP) is 3.32. The van der Waals surface area contributed by atoms with Gasteiger partial charge in [0.25, 0.3) is 0 Å². The molecule has 1 nitrogen and oxygen atoms in total. The molecule has 0 aliphatic carbocycles. The van der Waals surface area contributed by atoms with Gasteiger partial charge in [0.1, 0.15) is 0 Å². The van der Waals surface area contributed by atoms with Crippen LogP contribution in [0.3, 0.4) is 0 Å². The number of carbonyl (C=O) groups is 1. The highest BCUT2D eigenvalue weighted by molar-refractivity contribution is 7.99. The Morgan fingerprint density at radius 2 is 2.29 bits per heavy atom. The van der Waals surface area contributed by atoms with Crippen LogP contribution in [0.15, 0.2) is 23.1 Å². The molecule has 0 unspecified atom stereocenters. The van der Waals surface area contributed by atoms with Gasteiger partial charge in [-0.15, -0.1) is 11.8 Å². The molecule has 2 rings (SSSR count). The monoisotopic (exact) mass is 206 g/mol. The van der Waals surface area contributed by atoms with Gasteiger partial charge in [-0.25, -0.2) is 0 Å². The van der Waals surface area contributed by atoms with E-state index in [0.717, 1.165) is 24.2 Å². The van der Waals surface area contributed by atoms with Gasteiger partial charge in [0.15, 0.2) is 5.78 Å². The number of hydrogen-bond acceptors (Lipinski definition) is 2. The van der Waals surface area contributed by atoms with Crippen LogP contribution in [0.5, 0.6) is 0 Å². The van der Waals surface area contributed by atoms with Crippen LogP contribution in [-0.2, 0) is 6.42 Å². The van der Waals surface area contributed by atoms with Crippen molar-refractivity contribution in [3.63, 3.8) is 0 Å². The summed E-state index contributed by atoms with van der Waals surface area (Å²) in [6, 6.07) is 6.29. The number of hydrogen-bond donors (Lipinski definition) is 0. The van der Waals surface area contributed by atoms with E-state index in [1.165, 1.54) is 10.5 Å². The highest BCUT2D eigenvalue weighted by Crippen LogP contribution is 2.29. The van der Waals surface area contributed by atoms with Gasteiger partial charge >= 0.3 is 0 Å². The maximum absolute atomic E-state index is 11.8. The summed E-state index contributed by atoms with van der Waals surface area (Å²) in [5.74, 6) is 1.39.